The zero-order valence-electron chi connectivity index (χ0n) is 14.4. The number of amides is 2. The molecular weight excluding hydrogens is 344 g/mol. The maximum atomic E-state index is 12.4. The van der Waals surface area contributed by atoms with Crippen LogP contribution in [0.2, 0.25) is 0 Å². The Bertz CT molecular complexity index is 963. The zero-order valence-corrected chi connectivity index (χ0v) is 15.2. The van der Waals surface area contributed by atoms with Crippen LogP contribution in [0.15, 0.2) is 53.9 Å². The van der Waals surface area contributed by atoms with Gasteiger partial charge in [0.2, 0.25) is 11.8 Å². The number of anilines is 1. The Morgan fingerprint density at radius 1 is 1.04 bits per heavy atom. The minimum Gasteiger partial charge on any atom is -0.338 e. The van der Waals surface area contributed by atoms with E-state index in [1.165, 1.54) is 10.4 Å². The molecule has 0 atom stereocenters. The highest BCUT2D eigenvalue weighted by molar-refractivity contribution is 7.10. The van der Waals surface area contributed by atoms with Crippen LogP contribution in [0.1, 0.15) is 23.3 Å². The molecule has 1 N–H and O–H groups in total. The highest BCUT2D eigenvalue weighted by Gasteiger charge is 2.21. The van der Waals surface area contributed by atoms with Gasteiger partial charge in [-0.3, -0.25) is 9.59 Å². The summed E-state index contributed by atoms with van der Waals surface area (Å²) in [6.45, 7) is 1.42. The Morgan fingerprint density at radius 2 is 1.88 bits per heavy atom. The summed E-state index contributed by atoms with van der Waals surface area (Å²) in [6.07, 6.45) is 1.37. The Morgan fingerprint density at radius 3 is 2.77 bits per heavy atom. The van der Waals surface area contributed by atoms with Crippen LogP contribution in [-0.4, -0.2) is 23.3 Å². The van der Waals surface area contributed by atoms with Gasteiger partial charge in [-0.25, -0.2) is 0 Å². The summed E-state index contributed by atoms with van der Waals surface area (Å²) in [7, 11) is 0. The van der Waals surface area contributed by atoms with E-state index in [1.54, 1.807) is 11.3 Å². The van der Waals surface area contributed by atoms with E-state index in [9.17, 15) is 9.59 Å². The second-order valence-electron chi connectivity index (χ2n) is 6.54. The van der Waals surface area contributed by atoms with Crippen LogP contribution < -0.4 is 5.32 Å². The number of benzene rings is 2. The van der Waals surface area contributed by atoms with E-state index in [2.05, 4.69) is 16.8 Å². The molecule has 0 saturated carbocycles. The molecule has 0 aliphatic carbocycles. The third kappa shape index (κ3) is 3.63. The van der Waals surface area contributed by atoms with Gasteiger partial charge in [0.25, 0.3) is 0 Å². The number of nitrogens with one attached hydrogen (secondary N) is 1. The summed E-state index contributed by atoms with van der Waals surface area (Å²) in [5.41, 5.74) is 2.01. The molecule has 5 heteroatoms. The lowest BCUT2D eigenvalue weighted by atomic mass is 10.1. The molecule has 1 aromatic heterocycles. The lowest BCUT2D eigenvalue weighted by Gasteiger charge is -2.27. The van der Waals surface area contributed by atoms with Gasteiger partial charge in [0.1, 0.15) is 0 Å². The average Bonchev–Trinajstić information content (AvgIpc) is 3.14. The molecule has 26 heavy (non-hydrogen) atoms. The van der Waals surface area contributed by atoms with E-state index in [0.717, 1.165) is 29.4 Å². The molecule has 2 heterocycles. The first-order chi connectivity index (χ1) is 12.7. The van der Waals surface area contributed by atoms with Gasteiger partial charge in [-0.15, -0.1) is 11.3 Å². The molecule has 4 rings (SSSR count). The number of carbonyl (C=O) groups is 2. The fourth-order valence-corrected chi connectivity index (χ4v) is 4.22. The van der Waals surface area contributed by atoms with E-state index < -0.39 is 0 Å². The van der Waals surface area contributed by atoms with Crippen molar-refractivity contribution in [1.29, 1.82) is 0 Å². The van der Waals surface area contributed by atoms with Crippen molar-refractivity contribution in [1.82, 2.24) is 4.90 Å². The van der Waals surface area contributed by atoms with Gasteiger partial charge in [0, 0.05) is 36.5 Å². The molecule has 0 spiro atoms. The monoisotopic (exact) mass is 364 g/mol. The van der Waals surface area contributed by atoms with Crippen molar-refractivity contribution in [2.45, 2.75) is 25.8 Å². The molecule has 1 aliphatic heterocycles. The number of carbonyl (C=O) groups excluding carboxylic acids is 2. The van der Waals surface area contributed by atoms with Crippen LogP contribution in [0.5, 0.6) is 0 Å². The number of hydrogen-bond acceptors (Lipinski definition) is 3. The van der Waals surface area contributed by atoms with Crippen molar-refractivity contribution < 1.29 is 9.59 Å². The van der Waals surface area contributed by atoms with Crippen molar-refractivity contribution in [2.24, 2.45) is 0 Å². The predicted molar refractivity (Wildman–Crippen MR) is 105 cm³/mol. The summed E-state index contributed by atoms with van der Waals surface area (Å²) in [6, 6.07) is 16.0. The van der Waals surface area contributed by atoms with Gasteiger partial charge in [-0.2, -0.15) is 0 Å². The zero-order chi connectivity index (χ0) is 17.9. The first-order valence-corrected chi connectivity index (χ1v) is 9.69. The van der Waals surface area contributed by atoms with E-state index in [4.69, 9.17) is 0 Å². The maximum Gasteiger partial charge on any atom is 0.224 e. The van der Waals surface area contributed by atoms with Crippen molar-refractivity contribution in [2.75, 3.05) is 11.9 Å². The van der Waals surface area contributed by atoms with E-state index in [0.29, 0.717) is 6.54 Å². The van der Waals surface area contributed by atoms with E-state index >= 15 is 0 Å². The fourth-order valence-electron chi connectivity index (χ4n) is 3.33. The predicted octanol–water partition coefficient (Wildman–Crippen LogP) is 4.20. The third-order valence-electron chi connectivity index (χ3n) is 4.76. The number of rotatable bonds is 4. The Balaban J connectivity index is 1.31. The molecule has 2 aromatic carbocycles. The number of thiophene rings is 1. The van der Waals surface area contributed by atoms with Crippen molar-refractivity contribution in [3.8, 4) is 0 Å². The molecule has 0 bridgehead atoms. The fraction of sp³-hybridized carbons (Fsp3) is 0.238. The van der Waals surface area contributed by atoms with Crippen molar-refractivity contribution in [3.05, 3.63) is 64.4 Å². The van der Waals surface area contributed by atoms with Crippen LogP contribution in [0.4, 0.5) is 5.69 Å². The molecule has 0 saturated heterocycles. The lowest BCUT2D eigenvalue weighted by molar-refractivity contribution is -0.133. The van der Waals surface area contributed by atoms with Crippen molar-refractivity contribution >= 4 is 39.6 Å². The van der Waals surface area contributed by atoms with Gasteiger partial charge in [0.15, 0.2) is 0 Å². The van der Waals surface area contributed by atoms with Crippen molar-refractivity contribution in [3.63, 3.8) is 0 Å². The summed E-state index contributed by atoms with van der Waals surface area (Å²) < 4.78 is 0. The van der Waals surface area contributed by atoms with Crippen LogP contribution >= 0.6 is 11.3 Å². The average molecular weight is 364 g/mol. The SMILES string of the molecule is O=C(CCC(=O)N1CCc2sccc2C1)Nc1ccc2ccccc2c1. The number of nitrogens with zero attached hydrogens (tertiary/aromatic N) is 1. The lowest BCUT2D eigenvalue weighted by Crippen LogP contribution is -2.35. The number of fused-ring (bicyclic) bond motifs is 2. The van der Waals surface area contributed by atoms with Gasteiger partial charge in [-0.05, 0) is 46.3 Å². The van der Waals surface area contributed by atoms with E-state index in [-0.39, 0.29) is 24.7 Å². The maximum absolute atomic E-state index is 12.4. The molecule has 2 amide bonds. The quantitative estimate of drug-likeness (QED) is 0.754. The molecule has 3 aromatic rings. The minimum atomic E-state index is -0.123. The Labute approximate surface area is 156 Å². The Hall–Kier alpha value is -2.66. The second-order valence-corrected chi connectivity index (χ2v) is 7.55. The molecule has 0 fully saturated rings. The topological polar surface area (TPSA) is 49.4 Å². The van der Waals surface area contributed by atoms with Gasteiger partial charge in [-0.1, -0.05) is 30.3 Å². The molecule has 0 radical (unpaired) electrons. The summed E-state index contributed by atoms with van der Waals surface area (Å²) in [5, 5.41) is 7.20. The largest absolute Gasteiger partial charge is 0.338 e. The molecular formula is C21H20N2O2S. The molecule has 132 valence electrons. The highest BCUT2D eigenvalue weighted by atomic mass is 32.1. The van der Waals surface area contributed by atoms with Crippen LogP contribution in [0.25, 0.3) is 10.8 Å². The molecule has 0 unspecified atom stereocenters. The highest BCUT2D eigenvalue weighted by Crippen LogP contribution is 2.24. The smallest absolute Gasteiger partial charge is 0.224 e. The van der Waals surface area contributed by atoms with Crippen LogP contribution in [0, 0.1) is 0 Å². The van der Waals surface area contributed by atoms with Gasteiger partial charge < -0.3 is 10.2 Å². The first-order valence-electron chi connectivity index (χ1n) is 8.81. The number of hydrogen-bond donors (Lipinski definition) is 1. The normalized spacial score (nSPS) is 13.5. The summed E-state index contributed by atoms with van der Waals surface area (Å²) in [5.74, 6) is -0.0719. The molecule has 1 aliphatic rings. The van der Waals surface area contributed by atoms with Crippen LogP contribution in [0.3, 0.4) is 0 Å². The minimum absolute atomic E-state index is 0.0514. The molecule has 4 nitrogen and oxygen atoms in total. The second kappa shape index (κ2) is 7.30. The first kappa shape index (κ1) is 16.8. The summed E-state index contributed by atoms with van der Waals surface area (Å²) >= 11 is 1.76. The summed E-state index contributed by atoms with van der Waals surface area (Å²) in [4.78, 5) is 27.9. The van der Waals surface area contributed by atoms with Crippen LogP contribution in [-0.2, 0) is 22.6 Å². The van der Waals surface area contributed by atoms with E-state index in [1.807, 2.05) is 47.4 Å². The standard InChI is InChI=1S/C21H20N2O2S/c24-20(22-18-6-5-15-3-1-2-4-16(15)13-18)7-8-21(25)23-11-9-19-17(14-23)10-12-26-19/h1-6,10,12-13H,7-9,11,14H2,(H,22,24). The third-order valence-corrected chi connectivity index (χ3v) is 5.78. The van der Waals surface area contributed by atoms with Gasteiger partial charge in [0.05, 0.1) is 0 Å². The Kier molecular flexibility index (Phi) is 4.71. The van der Waals surface area contributed by atoms with Gasteiger partial charge >= 0.3 is 0 Å².